The molecule has 0 aliphatic rings. The van der Waals surface area contributed by atoms with Gasteiger partial charge in [-0.05, 0) is 48.2 Å². The lowest BCUT2D eigenvalue weighted by Gasteiger charge is -2.03. The standard InChI is InChI=1S/C13H12O.C8H10O3S/c14-13-9-5-4-8-12(13)10-11-6-2-1-3-7-11;1-6-3-4-7(2)8(5-6)12(9,10)11/h1-9,14H,10H2;3-5H,1-2H3,(H,9,10,11). The van der Waals surface area contributed by atoms with E-state index in [0.717, 1.165) is 17.5 Å². The van der Waals surface area contributed by atoms with E-state index in [-0.39, 0.29) is 4.90 Å². The Kier molecular flexibility index (Phi) is 6.55. The predicted molar refractivity (Wildman–Crippen MR) is 103 cm³/mol. The molecule has 3 aromatic carbocycles. The fourth-order valence-corrected chi connectivity index (χ4v) is 3.27. The summed E-state index contributed by atoms with van der Waals surface area (Å²) in [5.74, 6) is 0.372. The molecule has 136 valence electrons. The second kappa shape index (κ2) is 8.65. The topological polar surface area (TPSA) is 74.6 Å². The summed E-state index contributed by atoms with van der Waals surface area (Å²) < 4.78 is 30.3. The van der Waals surface area contributed by atoms with Gasteiger partial charge in [-0.15, -0.1) is 0 Å². The number of aryl methyl sites for hydroxylation is 2. The zero-order valence-electron chi connectivity index (χ0n) is 14.8. The molecule has 0 spiro atoms. The number of hydrogen-bond donors (Lipinski definition) is 2. The molecule has 0 saturated heterocycles. The van der Waals surface area contributed by atoms with E-state index in [2.05, 4.69) is 12.1 Å². The highest BCUT2D eigenvalue weighted by Gasteiger charge is 2.12. The van der Waals surface area contributed by atoms with Crippen molar-refractivity contribution in [2.24, 2.45) is 0 Å². The fraction of sp³-hybridized carbons (Fsp3) is 0.143. The third kappa shape index (κ3) is 5.72. The van der Waals surface area contributed by atoms with E-state index >= 15 is 0 Å². The second-order valence-electron chi connectivity index (χ2n) is 6.04. The molecule has 0 amide bonds. The Morgan fingerprint density at radius 2 is 1.46 bits per heavy atom. The van der Waals surface area contributed by atoms with Crippen LogP contribution in [0.5, 0.6) is 5.75 Å². The average molecular weight is 370 g/mol. The lowest BCUT2D eigenvalue weighted by Crippen LogP contribution is -2.00. The Balaban J connectivity index is 0.000000190. The van der Waals surface area contributed by atoms with Gasteiger partial charge in [0.15, 0.2) is 0 Å². The van der Waals surface area contributed by atoms with Crippen LogP contribution in [-0.2, 0) is 16.5 Å². The van der Waals surface area contributed by atoms with Gasteiger partial charge in [-0.25, -0.2) is 0 Å². The Morgan fingerprint density at radius 3 is 2.04 bits per heavy atom. The fourth-order valence-electron chi connectivity index (χ4n) is 2.46. The second-order valence-corrected chi connectivity index (χ2v) is 7.43. The van der Waals surface area contributed by atoms with E-state index in [1.165, 1.54) is 11.6 Å². The van der Waals surface area contributed by atoms with Crippen LogP contribution in [0.25, 0.3) is 0 Å². The molecule has 0 aliphatic carbocycles. The van der Waals surface area contributed by atoms with Crippen molar-refractivity contribution in [2.45, 2.75) is 25.2 Å². The average Bonchev–Trinajstić information content (AvgIpc) is 2.60. The summed E-state index contributed by atoms with van der Waals surface area (Å²) >= 11 is 0. The lowest BCUT2D eigenvalue weighted by molar-refractivity contribution is 0.469. The number of rotatable bonds is 3. The molecule has 0 bridgehead atoms. The summed E-state index contributed by atoms with van der Waals surface area (Å²) in [5.41, 5.74) is 3.56. The van der Waals surface area contributed by atoms with Crippen LogP contribution in [0.3, 0.4) is 0 Å². The maximum Gasteiger partial charge on any atom is 0.294 e. The zero-order chi connectivity index (χ0) is 19.2. The lowest BCUT2D eigenvalue weighted by atomic mass is 10.0. The molecule has 0 radical (unpaired) electrons. The number of phenols is 1. The highest BCUT2D eigenvalue weighted by molar-refractivity contribution is 7.85. The van der Waals surface area contributed by atoms with E-state index in [1.807, 2.05) is 36.4 Å². The number of para-hydroxylation sites is 1. The van der Waals surface area contributed by atoms with Gasteiger partial charge in [0.25, 0.3) is 10.1 Å². The van der Waals surface area contributed by atoms with Gasteiger partial charge in [0.2, 0.25) is 0 Å². The smallest absolute Gasteiger partial charge is 0.294 e. The van der Waals surface area contributed by atoms with Crippen molar-refractivity contribution in [1.29, 1.82) is 0 Å². The summed E-state index contributed by atoms with van der Waals surface area (Å²) in [6.45, 7) is 3.41. The van der Waals surface area contributed by atoms with Crippen molar-refractivity contribution >= 4 is 10.1 Å². The molecule has 0 heterocycles. The SMILES string of the molecule is Cc1ccc(C)c(S(=O)(=O)O)c1.Oc1ccccc1Cc1ccccc1. The maximum atomic E-state index is 10.8. The normalized spacial score (nSPS) is 10.7. The first kappa shape index (κ1) is 19.7. The van der Waals surface area contributed by atoms with Gasteiger partial charge in [0.05, 0.1) is 4.90 Å². The van der Waals surface area contributed by atoms with Crippen LogP contribution in [0.1, 0.15) is 22.3 Å². The van der Waals surface area contributed by atoms with E-state index in [4.69, 9.17) is 4.55 Å². The van der Waals surface area contributed by atoms with Crippen LogP contribution in [0.15, 0.2) is 77.7 Å². The summed E-state index contributed by atoms with van der Waals surface area (Å²) in [6, 6.07) is 22.5. The van der Waals surface area contributed by atoms with Gasteiger partial charge in [0.1, 0.15) is 5.75 Å². The monoisotopic (exact) mass is 370 g/mol. The van der Waals surface area contributed by atoms with Crippen LogP contribution in [-0.4, -0.2) is 18.1 Å². The molecule has 0 atom stereocenters. The molecule has 3 aromatic rings. The first-order valence-corrected chi connectivity index (χ1v) is 9.57. The van der Waals surface area contributed by atoms with Crippen molar-refractivity contribution in [3.05, 3.63) is 95.1 Å². The number of benzene rings is 3. The van der Waals surface area contributed by atoms with Crippen LogP contribution in [0.2, 0.25) is 0 Å². The first-order valence-electron chi connectivity index (χ1n) is 8.13. The molecule has 0 fully saturated rings. The summed E-state index contributed by atoms with van der Waals surface area (Å²) in [7, 11) is -4.06. The Labute approximate surface area is 154 Å². The minimum atomic E-state index is -4.06. The number of phenolic OH excluding ortho intramolecular Hbond substituents is 1. The van der Waals surface area contributed by atoms with Gasteiger partial charge in [-0.1, -0.05) is 60.7 Å². The van der Waals surface area contributed by atoms with E-state index in [0.29, 0.717) is 11.3 Å². The van der Waals surface area contributed by atoms with Gasteiger partial charge in [0, 0.05) is 6.42 Å². The maximum absolute atomic E-state index is 10.8. The third-order valence-electron chi connectivity index (χ3n) is 3.85. The van der Waals surface area contributed by atoms with Gasteiger partial charge in [-0.3, -0.25) is 4.55 Å². The Morgan fingerprint density at radius 1 is 0.846 bits per heavy atom. The number of aromatic hydroxyl groups is 1. The van der Waals surface area contributed by atoms with E-state index in [1.54, 1.807) is 32.0 Å². The summed E-state index contributed by atoms with van der Waals surface area (Å²) in [4.78, 5) is -0.0116. The van der Waals surface area contributed by atoms with Gasteiger partial charge < -0.3 is 5.11 Å². The molecular formula is C21H22O4S. The van der Waals surface area contributed by atoms with Crippen molar-refractivity contribution in [3.8, 4) is 5.75 Å². The zero-order valence-corrected chi connectivity index (χ0v) is 15.6. The van der Waals surface area contributed by atoms with E-state index in [9.17, 15) is 13.5 Å². The minimum absolute atomic E-state index is 0.0116. The molecule has 26 heavy (non-hydrogen) atoms. The van der Waals surface area contributed by atoms with Crippen molar-refractivity contribution < 1.29 is 18.1 Å². The molecule has 0 unspecified atom stereocenters. The van der Waals surface area contributed by atoms with Crippen molar-refractivity contribution in [3.63, 3.8) is 0 Å². The van der Waals surface area contributed by atoms with Crippen LogP contribution >= 0.6 is 0 Å². The minimum Gasteiger partial charge on any atom is -0.508 e. The molecule has 2 N–H and O–H groups in total. The van der Waals surface area contributed by atoms with Crippen LogP contribution in [0.4, 0.5) is 0 Å². The molecule has 4 nitrogen and oxygen atoms in total. The summed E-state index contributed by atoms with van der Waals surface area (Å²) in [5, 5.41) is 9.57. The van der Waals surface area contributed by atoms with Gasteiger partial charge in [-0.2, -0.15) is 8.42 Å². The number of hydrogen-bond acceptors (Lipinski definition) is 3. The Bertz CT molecular complexity index is 964. The molecular weight excluding hydrogens is 348 g/mol. The Hall–Kier alpha value is -2.63. The first-order chi connectivity index (χ1) is 12.3. The highest BCUT2D eigenvalue weighted by atomic mass is 32.2. The highest BCUT2D eigenvalue weighted by Crippen LogP contribution is 2.19. The largest absolute Gasteiger partial charge is 0.508 e. The molecule has 0 aromatic heterocycles. The quantitative estimate of drug-likeness (QED) is 0.664. The summed E-state index contributed by atoms with van der Waals surface area (Å²) in [6.07, 6.45) is 0.785. The van der Waals surface area contributed by atoms with Crippen molar-refractivity contribution in [1.82, 2.24) is 0 Å². The van der Waals surface area contributed by atoms with Gasteiger partial charge >= 0.3 is 0 Å². The van der Waals surface area contributed by atoms with E-state index < -0.39 is 10.1 Å². The van der Waals surface area contributed by atoms with Crippen molar-refractivity contribution in [2.75, 3.05) is 0 Å². The molecule has 0 aliphatic heterocycles. The van der Waals surface area contributed by atoms with Crippen LogP contribution < -0.4 is 0 Å². The third-order valence-corrected chi connectivity index (χ3v) is 4.85. The van der Waals surface area contributed by atoms with Crippen LogP contribution in [0, 0.1) is 13.8 Å². The molecule has 5 heteroatoms. The molecule has 3 rings (SSSR count). The predicted octanol–water partition coefficient (Wildman–Crippen LogP) is 4.53. The molecule has 0 saturated carbocycles.